The molecule has 0 unspecified atom stereocenters. The number of carbonyl (C=O) groups is 1. The average Bonchev–Trinajstić information content (AvgIpc) is 2.63. The van der Waals surface area contributed by atoms with Crippen molar-refractivity contribution in [3.05, 3.63) is 17.5 Å². The first-order valence-corrected chi connectivity index (χ1v) is 5.75. The summed E-state index contributed by atoms with van der Waals surface area (Å²) in [6, 6.07) is 1.81. The molecule has 0 amide bonds. The van der Waals surface area contributed by atoms with Crippen molar-refractivity contribution in [1.29, 1.82) is 0 Å². The number of nitrogens with two attached hydrogens (primary N) is 1. The number of hydrogen-bond acceptors (Lipinski definition) is 4. The fourth-order valence-corrected chi connectivity index (χ4v) is 2.75. The third-order valence-corrected chi connectivity index (χ3v) is 3.93. The van der Waals surface area contributed by atoms with Crippen LogP contribution >= 0.6 is 0 Å². The second-order valence-electron chi connectivity index (χ2n) is 5.21. The Bertz CT molecular complexity index is 451. The Labute approximate surface area is 101 Å². The molecule has 1 fully saturated rings. The van der Waals surface area contributed by atoms with Crippen LogP contribution in [0, 0.1) is 11.3 Å². The predicted octanol–water partition coefficient (Wildman–Crippen LogP) is 0.905. The number of aromatic nitrogens is 2. The molecular weight excluding hydrogens is 218 g/mol. The van der Waals surface area contributed by atoms with Crippen molar-refractivity contribution in [3.63, 3.8) is 0 Å². The zero-order valence-corrected chi connectivity index (χ0v) is 10.7. The van der Waals surface area contributed by atoms with Gasteiger partial charge in [0.1, 0.15) is 0 Å². The molecule has 1 saturated carbocycles. The second kappa shape index (κ2) is 3.84. The van der Waals surface area contributed by atoms with Crippen molar-refractivity contribution >= 4 is 5.97 Å². The highest BCUT2D eigenvalue weighted by atomic mass is 16.5. The summed E-state index contributed by atoms with van der Waals surface area (Å²) in [7, 11) is 3.21. The van der Waals surface area contributed by atoms with Gasteiger partial charge in [-0.15, -0.1) is 0 Å². The van der Waals surface area contributed by atoms with Gasteiger partial charge in [-0.1, -0.05) is 13.8 Å². The summed E-state index contributed by atoms with van der Waals surface area (Å²) in [5, 5.41) is 4.18. The van der Waals surface area contributed by atoms with Gasteiger partial charge < -0.3 is 10.5 Å². The molecule has 0 aliphatic heterocycles. The van der Waals surface area contributed by atoms with Crippen molar-refractivity contribution < 1.29 is 9.53 Å². The van der Waals surface area contributed by atoms with Crippen LogP contribution in [0.1, 0.15) is 35.9 Å². The normalized spacial score (nSPS) is 25.7. The van der Waals surface area contributed by atoms with E-state index in [-0.39, 0.29) is 5.41 Å². The molecule has 5 nitrogen and oxygen atoms in total. The van der Waals surface area contributed by atoms with Crippen LogP contribution in [0.2, 0.25) is 0 Å². The maximum atomic E-state index is 11.4. The number of nitrogens with zero attached hydrogens (tertiary/aromatic N) is 2. The number of ether oxygens (including phenoxy) is 1. The van der Waals surface area contributed by atoms with E-state index in [1.54, 1.807) is 4.68 Å². The average molecular weight is 237 g/mol. The molecular formula is C12H19N3O2. The number of methoxy groups -OCH3 is 1. The highest BCUT2D eigenvalue weighted by Gasteiger charge is 2.58. The maximum Gasteiger partial charge on any atom is 0.358 e. The minimum atomic E-state index is -0.394. The van der Waals surface area contributed by atoms with Gasteiger partial charge in [-0.2, -0.15) is 5.10 Å². The molecule has 1 aliphatic rings. The summed E-state index contributed by atoms with van der Waals surface area (Å²) in [6.45, 7) is 5.05. The Morgan fingerprint density at radius 3 is 2.76 bits per heavy atom. The van der Waals surface area contributed by atoms with Crippen molar-refractivity contribution in [3.8, 4) is 0 Å². The Morgan fingerprint density at radius 1 is 1.65 bits per heavy atom. The first kappa shape index (κ1) is 12.1. The van der Waals surface area contributed by atoms with E-state index >= 15 is 0 Å². The molecule has 17 heavy (non-hydrogen) atoms. The molecule has 0 radical (unpaired) electrons. The van der Waals surface area contributed by atoms with Crippen LogP contribution in [0.3, 0.4) is 0 Å². The molecule has 2 N–H and O–H groups in total. The van der Waals surface area contributed by atoms with Gasteiger partial charge in [-0.3, -0.25) is 4.68 Å². The molecule has 0 aromatic carbocycles. The molecule has 1 heterocycles. The monoisotopic (exact) mass is 237 g/mol. The summed E-state index contributed by atoms with van der Waals surface area (Å²) in [6.07, 6.45) is 0. The van der Waals surface area contributed by atoms with Crippen molar-refractivity contribution in [2.75, 3.05) is 13.7 Å². The summed E-state index contributed by atoms with van der Waals surface area (Å²) < 4.78 is 6.43. The number of esters is 1. The minimum Gasteiger partial charge on any atom is -0.464 e. The largest absolute Gasteiger partial charge is 0.464 e. The fraction of sp³-hybridized carbons (Fsp3) is 0.667. The van der Waals surface area contributed by atoms with E-state index in [9.17, 15) is 4.79 Å². The van der Waals surface area contributed by atoms with Gasteiger partial charge in [0.15, 0.2) is 5.69 Å². The van der Waals surface area contributed by atoms with Gasteiger partial charge in [0.05, 0.1) is 7.11 Å². The van der Waals surface area contributed by atoms with E-state index in [4.69, 9.17) is 5.73 Å². The summed E-state index contributed by atoms with van der Waals surface area (Å²) in [5.74, 6) is 0.446. The second-order valence-corrected chi connectivity index (χ2v) is 5.21. The van der Waals surface area contributed by atoms with Crippen LogP contribution in [0.5, 0.6) is 0 Å². The first-order valence-electron chi connectivity index (χ1n) is 5.75. The summed E-state index contributed by atoms with van der Waals surface area (Å²) in [5.41, 5.74) is 7.37. The van der Waals surface area contributed by atoms with Crippen LogP contribution in [0.4, 0.5) is 0 Å². The molecule has 1 aromatic heterocycles. The zero-order chi connectivity index (χ0) is 12.8. The lowest BCUT2D eigenvalue weighted by Crippen LogP contribution is -2.05. The number of hydrogen-bond donors (Lipinski definition) is 1. The Hall–Kier alpha value is -1.36. The maximum absolute atomic E-state index is 11.4. The van der Waals surface area contributed by atoms with Crippen LogP contribution in [0.15, 0.2) is 6.07 Å². The Morgan fingerprint density at radius 2 is 2.29 bits per heavy atom. The predicted molar refractivity (Wildman–Crippen MR) is 63.6 cm³/mol. The fourth-order valence-electron chi connectivity index (χ4n) is 2.75. The van der Waals surface area contributed by atoms with Gasteiger partial charge in [-0.05, 0) is 23.9 Å². The van der Waals surface area contributed by atoms with Gasteiger partial charge in [0, 0.05) is 18.7 Å². The first-order chi connectivity index (χ1) is 7.93. The molecule has 1 aliphatic carbocycles. The van der Waals surface area contributed by atoms with E-state index < -0.39 is 5.97 Å². The molecule has 0 bridgehead atoms. The number of carbonyl (C=O) groups excluding carboxylic acids is 1. The standard InChI is InChI=1S/C12H19N3O2/c1-12(2)7(6-13)10(12)9-5-8(11(16)17-4)14-15(9)3/h5,7,10H,6,13H2,1-4H3/t7-,10+/m1/s1. The zero-order valence-electron chi connectivity index (χ0n) is 10.7. The molecule has 5 heteroatoms. The smallest absolute Gasteiger partial charge is 0.358 e. The van der Waals surface area contributed by atoms with E-state index in [2.05, 4.69) is 23.7 Å². The molecule has 2 atom stereocenters. The van der Waals surface area contributed by atoms with Crippen LogP contribution < -0.4 is 5.73 Å². The van der Waals surface area contributed by atoms with Gasteiger partial charge in [0.2, 0.25) is 0 Å². The van der Waals surface area contributed by atoms with Crippen molar-refractivity contribution in [2.24, 2.45) is 24.1 Å². The quantitative estimate of drug-likeness (QED) is 0.793. The van der Waals surface area contributed by atoms with Gasteiger partial charge >= 0.3 is 5.97 Å². The molecule has 0 saturated heterocycles. The lowest BCUT2D eigenvalue weighted by Gasteiger charge is -2.02. The molecule has 94 valence electrons. The van der Waals surface area contributed by atoms with E-state index in [1.165, 1.54) is 7.11 Å². The van der Waals surface area contributed by atoms with Crippen LogP contribution in [-0.4, -0.2) is 29.4 Å². The van der Waals surface area contributed by atoms with E-state index in [1.807, 2.05) is 13.1 Å². The van der Waals surface area contributed by atoms with Gasteiger partial charge in [-0.25, -0.2) is 4.79 Å². The lowest BCUT2D eigenvalue weighted by molar-refractivity contribution is 0.0593. The van der Waals surface area contributed by atoms with E-state index in [0.717, 1.165) is 5.69 Å². The summed E-state index contributed by atoms with van der Waals surface area (Å²) in [4.78, 5) is 11.4. The molecule has 1 aromatic rings. The van der Waals surface area contributed by atoms with Crippen LogP contribution in [0.25, 0.3) is 0 Å². The Balaban J connectivity index is 2.29. The Kier molecular flexibility index (Phi) is 2.73. The SMILES string of the molecule is COC(=O)c1cc([C@@H]2[C@@H](CN)C2(C)C)n(C)n1. The van der Waals surface area contributed by atoms with Crippen molar-refractivity contribution in [1.82, 2.24) is 9.78 Å². The number of rotatable bonds is 3. The highest BCUT2D eigenvalue weighted by Crippen LogP contribution is 2.63. The topological polar surface area (TPSA) is 70.1 Å². The van der Waals surface area contributed by atoms with E-state index in [0.29, 0.717) is 24.1 Å². The van der Waals surface area contributed by atoms with Gasteiger partial charge in [0.25, 0.3) is 0 Å². The minimum absolute atomic E-state index is 0.190. The highest BCUT2D eigenvalue weighted by molar-refractivity contribution is 5.87. The van der Waals surface area contributed by atoms with Crippen molar-refractivity contribution in [2.45, 2.75) is 19.8 Å². The lowest BCUT2D eigenvalue weighted by atomic mass is 10.1. The van der Waals surface area contributed by atoms with Crippen LogP contribution in [-0.2, 0) is 11.8 Å². The summed E-state index contributed by atoms with van der Waals surface area (Å²) >= 11 is 0. The number of aryl methyl sites for hydroxylation is 1. The molecule has 0 spiro atoms. The molecule has 2 rings (SSSR count). The third-order valence-electron chi connectivity index (χ3n) is 3.93. The third kappa shape index (κ3) is 1.74.